The lowest BCUT2D eigenvalue weighted by Crippen LogP contribution is -2.57. The second-order valence-corrected chi connectivity index (χ2v) is 13.5. The highest BCUT2D eigenvalue weighted by Gasteiger charge is 2.61. The predicted octanol–water partition coefficient (Wildman–Crippen LogP) is 4.18. The topological polar surface area (TPSA) is 104 Å². The number of carbonyl (C=O) groups is 1. The molecule has 0 heterocycles. The summed E-state index contributed by atoms with van der Waals surface area (Å²) in [5.41, 5.74) is 0.684. The molecule has 4 rings (SSSR count). The molecule has 3 unspecified atom stereocenters. The zero-order valence-corrected chi connectivity index (χ0v) is 20.7. The van der Waals surface area contributed by atoms with Crippen LogP contribution in [-0.2, 0) is 14.9 Å². The first-order chi connectivity index (χ1) is 15.0. The fourth-order valence-corrected chi connectivity index (χ4v) is 9.11. The molecular weight excluding hydrogens is 426 g/mol. The van der Waals surface area contributed by atoms with Gasteiger partial charge in [-0.3, -0.25) is 9.35 Å². The van der Waals surface area contributed by atoms with Crippen LogP contribution in [0.2, 0.25) is 0 Å². The number of hydrogen-bond acceptors (Lipinski definition) is 4. The normalized spacial score (nSPS) is 43.8. The van der Waals surface area contributed by atoms with Gasteiger partial charge >= 0.3 is 0 Å². The van der Waals surface area contributed by atoms with Gasteiger partial charge in [-0.15, -0.1) is 0 Å². The molecule has 4 fully saturated rings. The molecule has 1 amide bonds. The van der Waals surface area contributed by atoms with Crippen LogP contribution >= 0.6 is 0 Å². The Morgan fingerprint density at radius 2 is 1.78 bits per heavy atom. The van der Waals surface area contributed by atoms with Gasteiger partial charge in [0.2, 0.25) is 5.91 Å². The molecule has 7 heteroatoms. The highest BCUT2D eigenvalue weighted by molar-refractivity contribution is 7.85. The maximum absolute atomic E-state index is 12.0. The van der Waals surface area contributed by atoms with Crippen molar-refractivity contribution in [3.05, 3.63) is 0 Å². The van der Waals surface area contributed by atoms with E-state index in [-0.39, 0.29) is 24.0 Å². The second-order valence-electron chi connectivity index (χ2n) is 11.9. The molecule has 0 radical (unpaired) electrons. The van der Waals surface area contributed by atoms with Crippen molar-refractivity contribution in [3.63, 3.8) is 0 Å². The van der Waals surface area contributed by atoms with Crippen molar-refractivity contribution in [1.29, 1.82) is 0 Å². The molecule has 0 saturated heterocycles. The molecule has 0 aromatic carbocycles. The third-order valence-corrected chi connectivity index (χ3v) is 11.2. The minimum Gasteiger partial charge on any atom is -0.393 e. The van der Waals surface area contributed by atoms with Gasteiger partial charge in [0.05, 0.1) is 11.9 Å². The van der Waals surface area contributed by atoms with Crippen LogP contribution in [0.4, 0.5) is 0 Å². The molecular formula is C25H43NO5S. The van der Waals surface area contributed by atoms with Crippen LogP contribution in [0, 0.1) is 40.4 Å². The van der Waals surface area contributed by atoms with Crippen LogP contribution in [-0.4, -0.2) is 42.4 Å². The molecule has 0 bridgehead atoms. The molecule has 32 heavy (non-hydrogen) atoms. The first-order valence-electron chi connectivity index (χ1n) is 12.9. The molecule has 4 saturated carbocycles. The largest absolute Gasteiger partial charge is 0.393 e. The van der Waals surface area contributed by atoms with E-state index in [1.807, 2.05) is 0 Å². The van der Waals surface area contributed by atoms with E-state index in [2.05, 4.69) is 19.2 Å². The molecule has 4 aliphatic carbocycles. The number of fused-ring (bicyclic) bond motifs is 5. The first-order valence-corrected chi connectivity index (χ1v) is 14.6. The number of amides is 1. The Kier molecular flexibility index (Phi) is 7.02. The monoisotopic (exact) mass is 469 g/mol. The van der Waals surface area contributed by atoms with Crippen LogP contribution in [0.1, 0.15) is 90.9 Å². The van der Waals surface area contributed by atoms with Gasteiger partial charge in [-0.05, 0) is 98.2 Å². The van der Waals surface area contributed by atoms with E-state index in [1.54, 1.807) is 0 Å². The third kappa shape index (κ3) is 4.63. The smallest absolute Gasteiger partial charge is 0.266 e. The summed E-state index contributed by atoms with van der Waals surface area (Å²) < 4.78 is 30.3. The van der Waals surface area contributed by atoms with Gasteiger partial charge in [0, 0.05) is 13.0 Å². The molecule has 0 aliphatic heterocycles. The molecule has 6 nitrogen and oxygen atoms in total. The lowest BCUT2D eigenvalue weighted by Gasteiger charge is -2.62. The Labute approximate surface area is 194 Å². The van der Waals surface area contributed by atoms with Crippen molar-refractivity contribution < 1.29 is 22.9 Å². The first kappa shape index (κ1) is 24.5. The Morgan fingerprint density at radius 1 is 1.03 bits per heavy atom. The van der Waals surface area contributed by atoms with E-state index >= 15 is 0 Å². The van der Waals surface area contributed by atoms with E-state index < -0.39 is 15.9 Å². The fraction of sp³-hybridized carbons (Fsp3) is 0.960. The van der Waals surface area contributed by atoms with Gasteiger partial charge in [-0.2, -0.15) is 8.42 Å². The standard InChI is InChI=1S/C25H43NO5S/c1-24-12-4-3-6-18(24)16-21(27)23-19-10-9-17(25(19,2)13-11-20(23)24)7-5-8-22(28)26-14-15-32(29,30)31/h17-21,23,27H,3-16H2,1-2H3,(H,26,28)(H,29,30,31)/t17-,18?,19?,20?,21-,23-,24-,25+/m0/s1. The van der Waals surface area contributed by atoms with E-state index in [0.717, 1.165) is 19.3 Å². The van der Waals surface area contributed by atoms with Gasteiger partial charge in [0.1, 0.15) is 0 Å². The van der Waals surface area contributed by atoms with Crippen molar-refractivity contribution in [2.75, 3.05) is 12.3 Å². The fourth-order valence-electron chi connectivity index (χ4n) is 8.75. The Hall–Kier alpha value is -0.660. The molecule has 4 aliphatic rings. The van der Waals surface area contributed by atoms with E-state index in [9.17, 15) is 18.3 Å². The van der Waals surface area contributed by atoms with Crippen LogP contribution < -0.4 is 5.32 Å². The molecule has 8 atom stereocenters. The van der Waals surface area contributed by atoms with Gasteiger partial charge in [-0.25, -0.2) is 0 Å². The number of aliphatic hydroxyl groups excluding tert-OH is 1. The molecule has 184 valence electrons. The highest BCUT2D eigenvalue weighted by atomic mass is 32.2. The summed E-state index contributed by atoms with van der Waals surface area (Å²) in [5.74, 6) is 2.44. The minimum atomic E-state index is -4.04. The number of nitrogens with one attached hydrogen (secondary N) is 1. The average molecular weight is 470 g/mol. The second kappa shape index (κ2) is 9.18. The summed E-state index contributed by atoms with van der Waals surface area (Å²) in [7, 11) is -4.04. The van der Waals surface area contributed by atoms with Crippen LogP contribution in [0.15, 0.2) is 0 Å². The number of rotatable bonds is 7. The van der Waals surface area contributed by atoms with E-state index in [4.69, 9.17) is 4.55 Å². The maximum Gasteiger partial charge on any atom is 0.266 e. The summed E-state index contributed by atoms with van der Waals surface area (Å²) in [6.07, 6.45) is 13.3. The third-order valence-electron chi connectivity index (χ3n) is 10.4. The van der Waals surface area contributed by atoms with Crippen molar-refractivity contribution in [2.45, 2.75) is 97.0 Å². The van der Waals surface area contributed by atoms with Crippen molar-refractivity contribution in [1.82, 2.24) is 5.32 Å². The summed E-state index contributed by atoms with van der Waals surface area (Å²) in [5, 5.41) is 13.9. The van der Waals surface area contributed by atoms with Gasteiger partial charge in [0.25, 0.3) is 10.1 Å². The van der Waals surface area contributed by atoms with E-state index in [0.29, 0.717) is 41.4 Å². The number of aliphatic hydroxyl groups is 1. The molecule has 0 spiro atoms. The van der Waals surface area contributed by atoms with Crippen molar-refractivity contribution in [3.8, 4) is 0 Å². The minimum absolute atomic E-state index is 0.0401. The van der Waals surface area contributed by atoms with Gasteiger partial charge in [-0.1, -0.05) is 26.7 Å². The summed E-state index contributed by atoms with van der Waals surface area (Å²) in [6.45, 7) is 4.96. The predicted molar refractivity (Wildman–Crippen MR) is 125 cm³/mol. The van der Waals surface area contributed by atoms with Crippen LogP contribution in [0.5, 0.6) is 0 Å². The van der Waals surface area contributed by atoms with Crippen LogP contribution in [0.3, 0.4) is 0 Å². The number of carbonyl (C=O) groups excluding carboxylic acids is 1. The average Bonchev–Trinajstić information content (AvgIpc) is 3.04. The van der Waals surface area contributed by atoms with Crippen LogP contribution in [0.25, 0.3) is 0 Å². The summed E-state index contributed by atoms with van der Waals surface area (Å²) in [6, 6.07) is 0. The summed E-state index contributed by atoms with van der Waals surface area (Å²) >= 11 is 0. The Morgan fingerprint density at radius 3 is 2.53 bits per heavy atom. The van der Waals surface area contributed by atoms with E-state index in [1.165, 1.54) is 51.4 Å². The molecule has 3 N–H and O–H groups in total. The van der Waals surface area contributed by atoms with Crippen molar-refractivity contribution in [2.24, 2.45) is 40.4 Å². The molecule has 0 aromatic heterocycles. The SMILES string of the molecule is C[C@]12CCCCC1C[C@H](O)[C@@H]1C2CC[C@@]2(C)C1CC[C@@H]2CCCC(=O)NCCS(=O)(=O)O. The maximum atomic E-state index is 12.0. The Bertz CT molecular complexity index is 800. The Balaban J connectivity index is 1.34. The van der Waals surface area contributed by atoms with Gasteiger partial charge < -0.3 is 10.4 Å². The summed E-state index contributed by atoms with van der Waals surface area (Å²) in [4.78, 5) is 12.0. The number of hydrogen-bond donors (Lipinski definition) is 3. The zero-order valence-electron chi connectivity index (χ0n) is 19.9. The highest BCUT2D eigenvalue weighted by Crippen LogP contribution is 2.67. The quantitative estimate of drug-likeness (QED) is 0.485. The molecule has 0 aromatic rings. The van der Waals surface area contributed by atoms with Crippen molar-refractivity contribution >= 4 is 16.0 Å². The lowest BCUT2D eigenvalue weighted by atomic mass is 9.44. The lowest BCUT2D eigenvalue weighted by molar-refractivity contribution is -0.162. The van der Waals surface area contributed by atoms with Gasteiger partial charge in [0.15, 0.2) is 0 Å². The zero-order chi connectivity index (χ0) is 23.1.